The summed E-state index contributed by atoms with van der Waals surface area (Å²) in [5, 5.41) is 3.14. The number of para-hydroxylation sites is 2. The van der Waals surface area contributed by atoms with Gasteiger partial charge in [-0.3, -0.25) is 4.79 Å². The van der Waals surface area contributed by atoms with Gasteiger partial charge in [0, 0.05) is 18.0 Å². The predicted octanol–water partition coefficient (Wildman–Crippen LogP) is 4.48. The van der Waals surface area contributed by atoms with Gasteiger partial charge in [0.2, 0.25) is 0 Å². The predicted molar refractivity (Wildman–Crippen MR) is 96.8 cm³/mol. The molecule has 0 radical (unpaired) electrons. The average Bonchev–Trinajstić information content (AvgIpc) is 3.25. The van der Waals surface area contributed by atoms with Crippen LogP contribution < -0.4 is 10.2 Å². The highest BCUT2D eigenvalue weighted by molar-refractivity contribution is 7.14. The third kappa shape index (κ3) is 3.00. The zero-order chi connectivity index (χ0) is 15.6. The van der Waals surface area contributed by atoms with Gasteiger partial charge in [0.1, 0.15) is 0 Å². The number of hydrogen-bond donors (Lipinski definition) is 1. The molecule has 2 aromatic rings. The van der Waals surface area contributed by atoms with Crippen LogP contribution in [0.25, 0.3) is 0 Å². The lowest BCUT2D eigenvalue weighted by Gasteiger charge is -2.21. The molecule has 0 spiro atoms. The van der Waals surface area contributed by atoms with Gasteiger partial charge in [-0.15, -0.1) is 11.3 Å². The Balaban J connectivity index is 1.55. The second-order valence-electron chi connectivity index (χ2n) is 6.43. The minimum Gasteiger partial charge on any atom is -0.370 e. The van der Waals surface area contributed by atoms with Crippen molar-refractivity contribution in [2.75, 3.05) is 23.3 Å². The number of amides is 1. The normalized spacial score (nSPS) is 17.1. The van der Waals surface area contributed by atoms with Gasteiger partial charge in [-0.1, -0.05) is 12.1 Å². The van der Waals surface area contributed by atoms with Gasteiger partial charge in [-0.05, 0) is 62.3 Å². The van der Waals surface area contributed by atoms with E-state index in [9.17, 15) is 4.79 Å². The van der Waals surface area contributed by atoms with Gasteiger partial charge < -0.3 is 10.2 Å². The molecule has 1 aliphatic carbocycles. The van der Waals surface area contributed by atoms with E-state index < -0.39 is 0 Å². The molecule has 120 valence electrons. The second-order valence-corrected chi connectivity index (χ2v) is 7.57. The fraction of sp³-hybridized carbons (Fsp3) is 0.421. The van der Waals surface area contributed by atoms with E-state index in [0.717, 1.165) is 42.2 Å². The van der Waals surface area contributed by atoms with Gasteiger partial charge in [-0.25, -0.2) is 0 Å². The van der Waals surface area contributed by atoms with E-state index in [2.05, 4.69) is 22.3 Å². The van der Waals surface area contributed by atoms with Crippen molar-refractivity contribution in [3.63, 3.8) is 0 Å². The molecule has 3 nitrogen and oxygen atoms in total. The van der Waals surface area contributed by atoms with Crippen molar-refractivity contribution in [3.05, 3.63) is 45.6 Å². The van der Waals surface area contributed by atoms with Crippen LogP contribution in [0.15, 0.2) is 30.3 Å². The van der Waals surface area contributed by atoms with E-state index in [-0.39, 0.29) is 5.91 Å². The molecule has 1 saturated heterocycles. The molecule has 1 aliphatic heterocycles. The fourth-order valence-electron chi connectivity index (χ4n) is 3.60. The minimum atomic E-state index is 0.0380. The molecule has 0 unspecified atom stereocenters. The molecule has 4 rings (SSSR count). The molecule has 0 bridgehead atoms. The topological polar surface area (TPSA) is 32.3 Å². The highest BCUT2D eigenvalue weighted by Crippen LogP contribution is 2.32. The van der Waals surface area contributed by atoms with Crippen molar-refractivity contribution in [1.82, 2.24) is 0 Å². The van der Waals surface area contributed by atoms with Crippen LogP contribution in [0, 0.1) is 0 Å². The van der Waals surface area contributed by atoms with Gasteiger partial charge in [0.25, 0.3) is 5.91 Å². The number of hydrogen-bond acceptors (Lipinski definition) is 3. The summed E-state index contributed by atoms with van der Waals surface area (Å²) in [6.45, 7) is 2.17. The molecule has 1 aromatic carbocycles. The number of carbonyl (C=O) groups is 1. The number of anilines is 2. The van der Waals surface area contributed by atoms with Crippen molar-refractivity contribution in [2.24, 2.45) is 0 Å². The monoisotopic (exact) mass is 326 g/mol. The third-order valence-electron chi connectivity index (χ3n) is 4.82. The Kier molecular flexibility index (Phi) is 4.08. The van der Waals surface area contributed by atoms with Crippen LogP contribution in [0.3, 0.4) is 0 Å². The first kappa shape index (κ1) is 14.8. The fourth-order valence-corrected chi connectivity index (χ4v) is 4.75. The van der Waals surface area contributed by atoms with Crippen LogP contribution >= 0.6 is 11.3 Å². The summed E-state index contributed by atoms with van der Waals surface area (Å²) in [6, 6.07) is 10.3. The molecule has 23 heavy (non-hydrogen) atoms. The zero-order valence-corrected chi connectivity index (χ0v) is 14.1. The van der Waals surface area contributed by atoms with E-state index in [1.807, 2.05) is 18.2 Å². The maximum absolute atomic E-state index is 12.7. The number of aryl methyl sites for hydroxylation is 2. The molecular formula is C19H22N2OS. The molecule has 1 N–H and O–H groups in total. The summed E-state index contributed by atoms with van der Waals surface area (Å²) in [4.78, 5) is 17.3. The summed E-state index contributed by atoms with van der Waals surface area (Å²) >= 11 is 1.68. The Morgan fingerprint density at radius 3 is 2.65 bits per heavy atom. The highest BCUT2D eigenvalue weighted by Gasteiger charge is 2.20. The minimum absolute atomic E-state index is 0.0380. The van der Waals surface area contributed by atoms with Gasteiger partial charge in [0.05, 0.1) is 16.3 Å². The first-order chi connectivity index (χ1) is 11.3. The molecule has 2 aliphatic rings. The van der Waals surface area contributed by atoms with Crippen LogP contribution in [-0.2, 0) is 12.8 Å². The Morgan fingerprint density at radius 1 is 1.04 bits per heavy atom. The van der Waals surface area contributed by atoms with E-state index in [0.29, 0.717) is 0 Å². The first-order valence-electron chi connectivity index (χ1n) is 8.58. The van der Waals surface area contributed by atoms with Crippen LogP contribution in [0.2, 0.25) is 0 Å². The Morgan fingerprint density at radius 2 is 1.83 bits per heavy atom. The SMILES string of the molecule is O=C(Nc1ccccc1N1CCCC1)c1cc2c(s1)CCCC2. The van der Waals surface area contributed by atoms with Gasteiger partial charge in [0.15, 0.2) is 0 Å². The molecule has 0 atom stereocenters. The number of rotatable bonds is 3. The molecule has 0 saturated carbocycles. The average molecular weight is 326 g/mol. The number of nitrogens with zero attached hydrogens (tertiary/aromatic N) is 1. The van der Waals surface area contributed by atoms with Crippen molar-refractivity contribution in [3.8, 4) is 0 Å². The van der Waals surface area contributed by atoms with Crippen LogP contribution in [0.4, 0.5) is 11.4 Å². The smallest absolute Gasteiger partial charge is 0.265 e. The molecule has 4 heteroatoms. The Hall–Kier alpha value is -1.81. The lowest BCUT2D eigenvalue weighted by atomic mass is 9.99. The lowest BCUT2D eigenvalue weighted by Crippen LogP contribution is -2.20. The van der Waals surface area contributed by atoms with Crippen molar-refractivity contribution in [1.29, 1.82) is 0 Å². The molecule has 2 heterocycles. The van der Waals surface area contributed by atoms with Crippen LogP contribution in [-0.4, -0.2) is 19.0 Å². The van der Waals surface area contributed by atoms with Crippen molar-refractivity contribution in [2.45, 2.75) is 38.5 Å². The number of nitrogens with one attached hydrogen (secondary N) is 1. The highest BCUT2D eigenvalue weighted by atomic mass is 32.1. The number of carbonyl (C=O) groups excluding carboxylic acids is 1. The summed E-state index contributed by atoms with van der Waals surface area (Å²) in [6.07, 6.45) is 7.25. The Bertz CT molecular complexity index is 692. The number of benzene rings is 1. The van der Waals surface area contributed by atoms with E-state index in [1.165, 1.54) is 36.1 Å². The first-order valence-corrected chi connectivity index (χ1v) is 9.40. The van der Waals surface area contributed by atoms with Crippen molar-refractivity contribution >= 4 is 28.6 Å². The molecular weight excluding hydrogens is 304 g/mol. The summed E-state index contributed by atoms with van der Waals surface area (Å²) < 4.78 is 0. The van der Waals surface area contributed by atoms with Crippen LogP contribution in [0.1, 0.15) is 45.8 Å². The van der Waals surface area contributed by atoms with Gasteiger partial charge >= 0.3 is 0 Å². The second kappa shape index (κ2) is 6.36. The van der Waals surface area contributed by atoms with Gasteiger partial charge in [-0.2, -0.15) is 0 Å². The largest absolute Gasteiger partial charge is 0.370 e. The van der Waals surface area contributed by atoms with Crippen molar-refractivity contribution < 1.29 is 4.79 Å². The molecule has 1 amide bonds. The summed E-state index contributed by atoms with van der Waals surface area (Å²) in [5.74, 6) is 0.0380. The molecule has 1 fully saturated rings. The third-order valence-corrected chi connectivity index (χ3v) is 6.06. The van der Waals surface area contributed by atoms with E-state index in [1.54, 1.807) is 11.3 Å². The summed E-state index contributed by atoms with van der Waals surface area (Å²) in [5.41, 5.74) is 3.48. The lowest BCUT2D eigenvalue weighted by molar-refractivity contribution is 0.103. The van der Waals surface area contributed by atoms with E-state index in [4.69, 9.17) is 0 Å². The summed E-state index contributed by atoms with van der Waals surface area (Å²) in [7, 11) is 0. The number of thiophene rings is 1. The quantitative estimate of drug-likeness (QED) is 0.902. The Labute approximate surface area is 141 Å². The van der Waals surface area contributed by atoms with Crippen LogP contribution in [0.5, 0.6) is 0 Å². The zero-order valence-electron chi connectivity index (χ0n) is 13.3. The van der Waals surface area contributed by atoms with E-state index >= 15 is 0 Å². The molecule has 1 aromatic heterocycles. The maximum atomic E-state index is 12.7. The number of fused-ring (bicyclic) bond motifs is 1. The standard InChI is InChI=1S/C19H22N2OS/c22-19(18-13-14-7-1-4-10-17(14)23-18)20-15-8-2-3-9-16(15)21-11-5-6-12-21/h2-3,8-9,13H,1,4-7,10-12H2,(H,20,22). The maximum Gasteiger partial charge on any atom is 0.265 e.